The van der Waals surface area contributed by atoms with Crippen molar-refractivity contribution in [3.63, 3.8) is 0 Å². The number of hydrogen-bond acceptors (Lipinski definition) is 5. The Balaban J connectivity index is 1.80. The summed E-state index contributed by atoms with van der Waals surface area (Å²) >= 11 is 0. The molecule has 21 heavy (non-hydrogen) atoms. The van der Waals surface area contributed by atoms with E-state index < -0.39 is 0 Å². The van der Waals surface area contributed by atoms with Crippen molar-refractivity contribution in [1.29, 1.82) is 0 Å². The summed E-state index contributed by atoms with van der Waals surface area (Å²) in [5, 5.41) is 2.78. The number of amides is 1. The smallest absolute Gasteiger partial charge is 0.293 e. The normalized spacial score (nSPS) is 13.3. The molecule has 0 spiro atoms. The Kier molecular flexibility index (Phi) is 3.51. The molecular formula is C15H16N2O4. The van der Waals surface area contributed by atoms with E-state index >= 15 is 0 Å². The van der Waals surface area contributed by atoms with Gasteiger partial charge in [-0.15, -0.1) is 0 Å². The summed E-state index contributed by atoms with van der Waals surface area (Å²) in [6, 6.07) is 5.27. The van der Waals surface area contributed by atoms with Crippen LogP contribution in [0.1, 0.15) is 36.0 Å². The van der Waals surface area contributed by atoms with Crippen molar-refractivity contribution in [2.45, 2.75) is 19.8 Å². The van der Waals surface area contributed by atoms with E-state index in [1.807, 2.05) is 13.8 Å². The maximum Gasteiger partial charge on any atom is 0.293 e. The molecule has 110 valence electrons. The molecule has 0 saturated carbocycles. The number of hydrogen-bond donors (Lipinski definition) is 1. The lowest BCUT2D eigenvalue weighted by Gasteiger charge is -2.18. The Bertz CT molecular complexity index is 663. The van der Waals surface area contributed by atoms with E-state index in [0.29, 0.717) is 36.1 Å². The Morgan fingerprint density at radius 2 is 2.00 bits per heavy atom. The minimum absolute atomic E-state index is 0.116. The predicted molar refractivity (Wildman–Crippen MR) is 76.0 cm³/mol. The van der Waals surface area contributed by atoms with Gasteiger partial charge in [0.2, 0.25) is 5.76 Å². The van der Waals surface area contributed by atoms with Crippen LogP contribution in [0, 0.1) is 0 Å². The molecule has 0 aliphatic carbocycles. The molecule has 1 aliphatic heterocycles. The van der Waals surface area contributed by atoms with Gasteiger partial charge in [-0.25, -0.2) is 4.98 Å². The molecule has 6 heteroatoms. The topological polar surface area (TPSA) is 73.6 Å². The summed E-state index contributed by atoms with van der Waals surface area (Å²) in [5.74, 6) is 1.33. The Labute approximate surface area is 122 Å². The van der Waals surface area contributed by atoms with E-state index in [2.05, 4.69) is 10.3 Å². The highest BCUT2D eigenvalue weighted by Gasteiger charge is 2.20. The van der Waals surface area contributed by atoms with Gasteiger partial charge in [0.25, 0.3) is 5.91 Å². The highest BCUT2D eigenvalue weighted by Crippen LogP contribution is 2.32. The zero-order valence-electron chi connectivity index (χ0n) is 11.9. The molecule has 0 radical (unpaired) electrons. The Hall–Kier alpha value is -2.50. The fourth-order valence-electron chi connectivity index (χ4n) is 2.14. The quantitative estimate of drug-likeness (QED) is 0.940. The maximum absolute atomic E-state index is 12.3. The van der Waals surface area contributed by atoms with E-state index in [1.165, 1.54) is 6.39 Å². The van der Waals surface area contributed by atoms with Crippen LogP contribution < -0.4 is 14.8 Å². The van der Waals surface area contributed by atoms with Crippen molar-refractivity contribution in [1.82, 2.24) is 4.98 Å². The maximum atomic E-state index is 12.3. The largest absolute Gasteiger partial charge is 0.486 e. The van der Waals surface area contributed by atoms with E-state index in [1.54, 1.807) is 18.2 Å². The van der Waals surface area contributed by atoms with Crippen LogP contribution in [0.5, 0.6) is 11.5 Å². The number of benzene rings is 1. The lowest BCUT2D eigenvalue weighted by atomic mass is 10.1. The number of aromatic nitrogens is 1. The van der Waals surface area contributed by atoms with Crippen molar-refractivity contribution < 1.29 is 18.7 Å². The lowest BCUT2D eigenvalue weighted by molar-refractivity contribution is 0.0995. The van der Waals surface area contributed by atoms with Crippen LogP contribution in [-0.2, 0) is 0 Å². The summed E-state index contributed by atoms with van der Waals surface area (Å²) in [6.45, 7) is 4.95. The second kappa shape index (κ2) is 5.47. The third-order valence-electron chi connectivity index (χ3n) is 3.15. The van der Waals surface area contributed by atoms with E-state index in [9.17, 15) is 4.79 Å². The second-order valence-electron chi connectivity index (χ2n) is 5.03. The number of nitrogens with one attached hydrogen (secondary N) is 1. The van der Waals surface area contributed by atoms with Gasteiger partial charge < -0.3 is 19.2 Å². The molecule has 2 aromatic rings. The van der Waals surface area contributed by atoms with Gasteiger partial charge in [0.1, 0.15) is 13.2 Å². The number of rotatable bonds is 3. The number of nitrogens with zero attached hydrogens (tertiary/aromatic N) is 1. The van der Waals surface area contributed by atoms with Gasteiger partial charge in [-0.05, 0) is 18.1 Å². The molecule has 0 fully saturated rings. The minimum Gasteiger partial charge on any atom is -0.486 e. The van der Waals surface area contributed by atoms with Crippen molar-refractivity contribution in [2.24, 2.45) is 0 Å². The van der Waals surface area contributed by atoms with Crippen molar-refractivity contribution in [3.05, 3.63) is 36.0 Å². The van der Waals surface area contributed by atoms with Gasteiger partial charge in [-0.3, -0.25) is 4.79 Å². The molecule has 1 aromatic carbocycles. The molecule has 0 unspecified atom stereocenters. The van der Waals surface area contributed by atoms with E-state index in [4.69, 9.17) is 13.9 Å². The lowest BCUT2D eigenvalue weighted by Crippen LogP contribution is -2.17. The zero-order chi connectivity index (χ0) is 14.8. The third-order valence-corrected chi connectivity index (χ3v) is 3.15. The van der Waals surface area contributed by atoms with Crippen LogP contribution in [0.15, 0.2) is 29.0 Å². The first-order chi connectivity index (χ1) is 10.1. The fraction of sp³-hybridized carbons (Fsp3) is 0.333. The van der Waals surface area contributed by atoms with Gasteiger partial charge >= 0.3 is 0 Å². The summed E-state index contributed by atoms with van der Waals surface area (Å²) in [6.07, 6.45) is 1.29. The van der Waals surface area contributed by atoms with Crippen LogP contribution >= 0.6 is 0 Å². The Morgan fingerprint density at radius 3 is 2.76 bits per heavy atom. The standard InChI is InChI=1S/C15H16N2O4/c1-9(2)13-14(21-8-16-13)15(18)17-10-3-4-11-12(7-10)20-6-5-19-11/h3-4,7-9H,5-6H2,1-2H3,(H,17,18). The number of carbonyl (C=O) groups excluding carboxylic acids is 1. The second-order valence-corrected chi connectivity index (χ2v) is 5.03. The first-order valence-corrected chi connectivity index (χ1v) is 6.79. The summed E-state index contributed by atoms with van der Waals surface area (Å²) in [4.78, 5) is 16.3. The van der Waals surface area contributed by atoms with Gasteiger partial charge in [0.05, 0.1) is 5.69 Å². The SMILES string of the molecule is CC(C)c1ncoc1C(=O)Nc1ccc2c(c1)OCCO2. The van der Waals surface area contributed by atoms with Crippen molar-refractivity contribution in [2.75, 3.05) is 18.5 Å². The predicted octanol–water partition coefficient (Wildman–Crippen LogP) is 2.82. The molecule has 6 nitrogen and oxygen atoms in total. The van der Waals surface area contributed by atoms with Crippen molar-refractivity contribution >= 4 is 11.6 Å². The van der Waals surface area contributed by atoms with Crippen LogP contribution in [0.2, 0.25) is 0 Å². The van der Waals surface area contributed by atoms with Gasteiger partial charge in [-0.1, -0.05) is 13.8 Å². The third kappa shape index (κ3) is 2.69. The molecule has 0 bridgehead atoms. The van der Waals surface area contributed by atoms with Crippen LogP contribution in [0.3, 0.4) is 0 Å². The molecular weight excluding hydrogens is 272 g/mol. The molecule has 1 aliphatic rings. The van der Waals surface area contributed by atoms with Gasteiger partial charge in [0.15, 0.2) is 17.9 Å². The number of ether oxygens (including phenoxy) is 2. The van der Waals surface area contributed by atoms with Crippen LogP contribution in [-0.4, -0.2) is 24.1 Å². The van der Waals surface area contributed by atoms with Gasteiger partial charge in [0, 0.05) is 11.8 Å². The molecule has 1 N–H and O–H groups in total. The first-order valence-electron chi connectivity index (χ1n) is 6.79. The van der Waals surface area contributed by atoms with E-state index in [-0.39, 0.29) is 17.6 Å². The van der Waals surface area contributed by atoms with Crippen molar-refractivity contribution in [3.8, 4) is 11.5 Å². The number of anilines is 1. The minimum atomic E-state index is -0.326. The summed E-state index contributed by atoms with van der Waals surface area (Å²) in [7, 11) is 0. The molecule has 1 aromatic heterocycles. The van der Waals surface area contributed by atoms with Crippen LogP contribution in [0.4, 0.5) is 5.69 Å². The number of oxazole rings is 1. The first kappa shape index (κ1) is 13.5. The highest BCUT2D eigenvalue weighted by atomic mass is 16.6. The number of fused-ring (bicyclic) bond motifs is 1. The molecule has 0 atom stereocenters. The Morgan fingerprint density at radius 1 is 1.24 bits per heavy atom. The average Bonchev–Trinajstić information content (AvgIpc) is 2.97. The molecule has 1 amide bonds. The molecule has 0 saturated heterocycles. The van der Waals surface area contributed by atoms with Crippen LogP contribution in [0.25, 0.3) is 0 Å². The van der Waals surface area contributed by atoms with Gasteiger partial charge in [-0.2, -0.15) is 0 Å². The highest BCUT2D eigenvalue weighted by molar-refractivity contribution is 6.03. The zero-order valence-corrected chi connectivity index (χ0v) is 11.9. The summed E-state index contributed by atoms with van der Waals surface area (Å²) in [5.41, 5.74) is 1.26. The monoisotopic (exact) mass is 288 g/mol. The fourth-order valence-corrected chi connectivity index (χ4v) is 2.14. The van der Waals surface area contributed by atoms with E-state index in [0.717, 1.165) is 0 Å². The summed E-state index contributed by atoms with van der Waals surface area (Å²) < 4.78 is 16.1. The number of carbonyl (C=O) groups is 1. The molecule has 3 rings (SSSR count). The molecule has 2 heterocycles. The average molecular weight is 288 g/mol.